The molecule has 0 bridgehead atoms. The van der Waals surface area contributed by atoms with Gasteiger partial charge in [-0.1, -0.05) is 17.3 Å². The van der Waals surface area contributed by atoms with Gasteiger partial charge in [0, 0.05) is 29.2 Å². The molecule has 0 aliphatic heterocycles. The van der Waals surface area contributed by atoms with Crippen molar-refractivity contribution in [2.45, 2.75) is 0 Å². The fourth-order valence-corrected chi connectivity index (χ4v) is 1.51. The lowest BCUT2D eigenvalue weighted by Crippen LogP contribution is -2.09. The molecule has 0 aliphatic carbocycles. The van der Waals surface area contributed by atoms with Gasteiger partial charge in [-0.05, 0) is 18.2 Å². The number of benzene rings is 1. The summed E-state index contributed by atoms with van der Waals surface area (Å²) in [7, 11) is 0. The number of aromatic nitrogens is 1. The van der Waals surface area contributed by atoms with Crippen LogP contribution in [0.3, 0.4) is 0 Å². The van der Waals surface area contributed by atoms with Gasteiger partial charge >= 0.3 is 0 Å². The molecule has 1 aromatic heterocycles. The molecule has 5 heteroatoms. The van der Waals surface area contributed by atoms with Gasteiger partial charge in [0.2, 0.25) is 0 Å². The van der Waals surface area contributed by atoms with Crippen LogP contribution in [0, 0.1) is 5.82 Å². The molecule has 0 atom stereocenters. The standard InChI is InChI=1S/C12H10FN3O/c13-10-4-2-1-3-8(10)12(16-17)9-7-15-6-5-11(9)14/h1-7,17H,(H2,14,15). The number of oxime groups is 1. The number of hydrogen-bond acceptors (Lipinski definition) is 4. The van der Waals surface area contributed by atoms with E-state index < -0.39 is 5.82 Å². The first-order valence-corrected chi connectivity index (χ1v) is 4.91. The third-order valence-electron chi connectivity index (χ3n) is 2.34. The predicted molar refractivity (Wildman–Crippen MR) is 62.5 cm³/mol. The first kappa shape index (κ1) is 11.1. The first-order chi connectivity index (χ1) is 8.24. The Kier molecular flexibility index (Phi) is 3.00. The van der Waals surface area contributed by atoms with E-state index in [4.69, 9.17) is 10.9 Å². The van der Waals surface area contributed by atoms with E-state index in [1.807, 2.05) is 0 Å². The van der Waals surface area contributed by atoms with Crippen molar-refractivity contribution in [1.82, 2.24) is 4.98 Å². The summed E-state index contributed by atoms with van der Waals surface area (Å²) in [6, 6.07) is 7.56. The highest BCUT2D eigenvalue weighted by molar-refractivity contribution is 6.15. The molecule has 1 aromatic carbocycles. The summed E-state index contributed by atoms with van der Waals surface area (Å²) >= 11 is 0. The van der Waals surface area contributed by atoms with Gasteiger partial charge in [0.1, 0.15) is 11.5 Å². The van der Waals surface area contributed by atoms with E-state index in [9.17, 15) is 4.39 Å². The lowest BCUT2D eigenvalue weighted by atomic mass is 10.0. The number of nitrogens with zero attached hydrogens (tertiary/aromatic N) is 2. The minimum absolute atomic E-state index is 0.0636. The molecule has 0 amide bonds. The summed E-state index contributed by atoms with van der Waals surface area (Å²) < 4.78 is 13.6. The Hall–Kier alpha value is -2.43. The van der Waals surface area contributed by atoms with Crippen LogP contribution in [0.2, 0.25) is 0 Å². The van der Waals surface area contributed by atoms with Crippen molar-refractivity contribution in [3.8, 4) is 0 Å². The lowest BCUT2D eigenvalue weighted by molar-refractivity contribution is 0.319. The minimum atomic E-state index is -0.483. The summed E-state index contributed by atoms with van der Waals surface area (Å²) in [4.78, 5) is 3.88. The van der Waals surface area contributed by atoms with Crippen molar-refractivity contribution >= 4 is 11.4 Å². The van der Waals surface area contributed by atoms with Crippen LogP contribution in [-0.2, 0) is 0 Å². The molecule has 17 heavy (non-hydrogen) atoms. The zero-order valence-electron chi connectivity index (χ0n) is 8.84. The van der Waals surface area contributed by atoms with E-state index in [0.29, 0.717) is 11.3 Å². The number of nitrogen functional groups attached to an aromatic ring is 1. The Labute approximate surface area is 97.2 Å². The van der Waals surface area contributed by atoms with Gasteiger partial charge in [-0.3, -0.25) is 4.98 Å². The molecular formula is C12H10FN3O. The second-order valence-electron chi connectivity index (χ2n) is 3.39. The van der Waals surface area contributed by atoms with E-state index in [1.54, 1.807) is 18.2 Å². The van der Waals surface area contributed by atoms with Gasteiger partial charge in [-0.2, -0.15) is 0 Å². The Morgan fingerprint density at radius 3 is 2.65 bits per heavy atom. The summed E-state index contributed by atoms with van der Waals surface area (Å²) in [5, 5.41) is 12.1. The number of pyridine rings is 1. The maximum absolute atomic E-state index is 13.6. The molecule has 86 valence electrons. The molecule has 0 spiro atoms. The SMILES string of the molecule is Nc1ccncc1C(=NO)c1ccccc1F. The number of anilines is 1. The van der Waals surface area contributed by atoms with Gasteiger partial charge in [-0.25, -0.2) is 4.39 Å². The average Bonchev–Trinajstić information content (AvgIpc) is 2.34. The molecule has 0 saturated carbocycles. The zero-order valence-corrected chi connectivity index (χ0v) is 8.84. The third-order valence-corrected chi connectivity index (χ3v) is 2.34. The van der Waals surface area contributed by atoms with Crippen LogP contribution in [0.1, 0.15) is 11.1 Å². The van der Waals surface area contributed by atoms with Crippen LogP contribution in [0.5, 0.6) is 0 Å². The molecule has 4 nitrogen and oxygen atoms in total. The average molecular weight is 231 g/mol. The highest BCUT2D eigenvalue weighted by Crippen LogP contribution is 2.18. The number of nitrogens with two attached hydrogens (primary N) is 1. The summed E-state index contributed by atoms with van der Waals surface area (Å²) in [5.41, 5.74) is 6.73. The van der Waals surface area contributed by atoms with Crippen molar-refractivity contribution in [3.05, 3.63) is 59.7 Å². The molecule has 0 aliphatic rings. The second kappa shape index (κ2) is 4.61. The quantitative estimate of drug-likeness (QED) is 0.472. The Morgan fingerprint density at radius 2 is 2.00 bits per heavy atom. The highest BCUT2D eigenvalue weighted by atomic mass is 19.1. The monoisotopic (exact) mass is 231 g/mol. The summed E-state index contributed by atoms with van der Waals surface area (Å²) in [5.74, 6) is -0.483. The summed E-state index contributed by atoms with van der Waals surface area (Å²) in [6.45, 7) is 0. The van der Waals surface area contributed by atoms with E-state index in [2.05, 4.69) is 10.1 Å². The molecule has 0 fully saturated rings. The molecule has 0 unspecified atom stereocenters. The molecule has 3 N–H and O–H groups in total. The van der Waals surface area contributed by atoms with Crippen molar-refractivity contribution in [2.75, 3.05) is 5.73 Å². The molecule has 1 heterocycles. The highest BCUT2D eigenvalue weighted by Gasteiger charge is 2.14. The van der Waals surface area contributed by atoms with E-state index in [0.717, 1.165) is 0 Å². The maximum atomic E-state index is 13.6. The Bertz CT molecular complexity index is 522. The number of rotatable bonds is 2. The van der Waals surface area contributed by atoms with Crippen molar-refractivity contribution in [2.24, 2.45) is 5.16 Å². The van der Waals surface area contributed by atoms with Crippen molar-refractivity contribution < 1.29 is 9.60 Å². The van der Waals surface area contributed by atoms with Crippen molar-refractivity contribution in [1.29, 1.82) is 0 Å². The van der Waals surface area contributed by atoms with Gasteiger partial charge in [0.15, 0.2) is 0 Å². The van der Waals surface area contributed by atoms with Crippen LogP contribution >= 0.6 is 0 Å². The van der Waals surface area contributed by atoms with Gasteiger partial charge < -0.3 is 10.9 Å². The smallest absolute Gasteiger partial charge is 0.132 e. The molecule has 0 radical (unpaired) electrons. The molecule has 2 rings (SSSR count). The van der Waals surface area contributed by atoms with Crippen molar-refractivity contribution in [3.63, 3.8) is 0 Å². The van der Waals surface area contributed by atoms with Gasteiger partial charge in [0.25, 0.3) is 0 Å². The maximum Gasteiger partial charge on any atom is 0.132 e. The van der Waals surface area contributed by atoms with Crippen LogP contribution in [0.25, 0.3) is 0 Å². The largest absolute Gasteiger partial charge is 0.410 e. The van der Waals surface area contributed by atoms with E-state index in [-0.39, 0.29) is 11.3 Å². The topological polar surface area (TPSA) is 71.5 Å². The summed E-state index contributed by atoms with van der Waals surface area (Å²) in [6.07, 6.45) is 2.94. The molecule has 0 saturated heterocycles. The molecular weight excluding hydrogens is 221 g/mol. The number of halogens is 1. The van der Waals surface area contributed by atoms with E-state index >= 15 is 0 Å². The lowest BCUT2D eigenvalue weighted by Gasteiger charge is -2.07. The Morgan fingerprint density at radius 1 is 1.24 bits per heavy atom. The van der Waals surface area contributed by atoms with Gasteiger partial charge in [-0.15, -0.1) is 0 Å². The van der Waals surface area contributed by atoms with Crippen LogP contribution in [0.15, 0.2) is 47.9 Å². The normalized spacial score (nSPS) is 11.5. The minimum Gasteiger partial charge on any atom is -0.410 e. The fraction of sp³-hybridized carbons (Fsp3) is 0. The van der Waals surface area contributed by atoms with Crippen LogP contribution in [0.4, 0.5) is 10.1 Å². The fourth-order valence-electron chi connectivity index (χ4n) is 1.51. The second-order valence-corrected chi connectivity index (χ2v) is 3.39. The Balaban J connectivity index is 2.57. The van der Waals surface area contributed by atoms with Gasteiger partial charge in [0.05, 0.1) is 0 Å². The predicted octanol–water partition coefficient (Wildman–Crippen LogP) is 2.03. The molecule has 2 aromatic rings. The third kappa shape index (κ3) is 2.08. The zero-order chi connectivity index (χ0) is 12.3. The van der Waals surface area contributed by atoms with Crippen LogP contribution < -0.4 is 5.73 Å². The van der Waals surface area contributed by atoms with E-state index in [1.165, 1.54) is 24.5 Å². The van der Waals surface area contributed by atoms with Crippen LogP contribution in [-0.4, -0.2) is 15.9 Å². The first-order valence-electron chi connectivity index (χ1n) is 4.91. The number of hydrogen-bond donors (Lipinski definition) is 2.